The number of amides is 2. The number of carbonyl (C=O) groups excluding carboxylic acids is 1. The highest BCUT2D eigenvalue weighted by Crippen LogP contribution is 2.41. The first-order valence-corrected chi connectivity index (χ1v) is 8.46. The van der Waals surface area contributed by atoms with Gasteiger partial charge in [-0.3, -0.25) is 0 Å². The molecule has 26 heavy (non-hydrogen) atoms. The number of hydrogen-bond acceptors (Lipinski definition) is 5. The van der Waals surface area contributed by atoms with Crippen molar-refractivity contribution in [3.63, 3.8) is 0 Å². The first kappa shape index (κ1) is 16.7. The van der Waals surface area contributed by atoms with Gasteiger partial charge in [-0.2, -0.15) is 0 Å². The molecular weight excluding hydrogens is 377 g/mol. The summed E-state index contributed by atoms with van der Waals surface area (Å²) in [6.07, 6.45) is 5.44. The minimum Gasteiger partial charge on any atom is -0.507 e. The van der Waals surface area contributed by atoms with Crippen LogP contribution in [0.25, 0.3) is 11.3 Å². The third-order valence-electron chi connectivity index (χ3n) is 4.16. The van der Waals surface area contributed by atoms with Crippen LogP contribution in [0, 0.1) is 0 Å². The smallest absolute Gasteiger partial charge is 0.322 e. The molecule has 4 rings (SSSR count). The van der Waals surface area contributed by atoms with Gasteiger partial charge in [-0.25, -0.2) is 14.8 Å². The summed E-state index contributed by atoms with van der Waals surface area (Å²) in [5.41, 5.74) is 8.58. The molecule has 2 aliphatic rings. The Balaban J connectivity index is 1.72. The Kier molecular flexibility index (Phi) is 3.97. The van der Waals surface area contributed by atoms with Crippen LogP contribution in [0.15, 0.2) is 36.1 Å². The Bertz CT molecular complexity index is 980. The summed E-state index contributed by atoms with van der Waals surface area (Å²) in [7, 11) is 0. The number of nitrogens with one attached hydrogen (secondary N) is 1. The van der Waals surface area contributed by atoms with Gasteiger partial charge in [-0.1, -0.05) is 29.3 Å². The van der Waals surface area contributed by atoms with Crippen molar-refractivity contribution in [2.45, 2.75) is 13.1 Å². The summed E-state index contributed by atoms with van der Waals surface area (Å²) in [5, 5.41) is 13.6. The molecule has 0 saturated heterocycles. The van der Waals surface area contributed by atoms with Crippen LogP contribution in [0.2, 0.25) is 10.0 Å². The molecule has 1 aromatic carbocycles. The van der Waals surface area contributed by atoms with E-state index in [4.69, 9.17) is 28.9 Å². The minimum absolute atomic E-state index is 0.0380. The zero-order valence-electron chi connectivity index (χ0n) is 13.3. The van der Waals surface area contributed by atoms with Gasteiger partial charge in [0.1, 0.15) is 5.75 Å². The maximum Gasteiger partial charge on any atom is 0.322 e. The third kappa shape index (κ3) is 2.85. The number of fused-ring (bicyclic) bond motifs is 1. The number of benzene rings is 1. The number of aromatic hydroxyl groups is 1. The van der Waals surface area contributed by atoms with E-state index in [0.29, 0.717) is 27.5 Å². The lowest BCUT2D eigenvalue weighted by atomic mass is 10.0. The van der Waals surface area contributed by atoms with Crippen molar-refractivity contribution in [3.05, 3.63) is 57.4 Å². The minimum atomic E-state index is -0.255. The van der Waals surface area contributed by atoms with Crippen molar-refractivity contribution in [1.29, 1.82) is 0 Å². The van der Waals surface area contributed by atoms with Crippen LogP contribution in [0.4, 0.5) is 10.7 Å². The highest BCUT2D eigenvalue weighted by atomic mass is 35.5. The molecule has 7 nitrogen and oxygen atoms in total. The number of nitrogen functional groups attached to an aromatic ring is 1. The second-order valence-electron chi connectivity index (χ2n) is 5.90. The van der Waals surface area contributed by atoms with Gasteiger partial charge in [-0.15, -0.1) is 0 Å². The van der Waals surface area contributed by atoms with Crippen LogP contribution in [0.3, 0.4) is 0 Å². The van der Waals surface area contributed by atoms with Gasteiger partial charge >= 0.3 is 6.03 Å². The van der Waals surface area contributed by atoms with E-state index in [1.165, 1.54) is 12.1 Å². The summed E-state index contributed by atoms with van der Waals surface area (Å²) in [4.78, 5) is 22.5. The molecule has 0 bridgehead atoms. The molecule has 4 N–H and O–H groups in total. The Labute approximate surface area is 158 Å². The van der Waals surface area contributed by atoms with Crippen LogP contribution in [-0.2, 0) is 13.1 Å². The number of halogens is 2. The summed E-state index contributed by atoms with van der Waals surface area (Å²) < 4.78 is 0. The molecule has 0 unspecified atom stereocenters. The average molecular weight is 390 g/mol. The maximum absolute atomic E-state index is 12.4. The summed E-state index contributed by atoms with van der Waals surface area (Å²) in [5.74, 6) is -0.0773. The highest BCUT2D eigenvalue weighted by molar-refractivity contribution is 6.36. The molecule has 1 aliphatic heterocycles. The molecule has 132 valence electrons. The number of urea groups is 1. The molecule has 2 aromatic rings. The summed E-state index contributed by atoms with van der Waals surface area (Å²) >= 11 is 12.2. The largest absolute Gasteiger partial charge is 0.507 e. The van der Waals surface area contributed by atoms with Gasteiger partial charge in [0.05, 0.1) is 35.1 Å². The highest BCUT2D eigenvalue weighted by Gasteiger charge is 2.30. The van der Waals surface area contributed by atoms with Crippen molar-refractivity contribution >= 4 is 35.2 Å². The number of allylic oxidation sites excluding steroid dienone is 3. The number of carbonyl (C=O) groups is 1. The van der Waals surface area contributed by atoms with E-state index in [2.05, 4.69) is 15.3 Å². The number of nitrogens with two attached hydrogens (primary N) is 1. The second-order valence-corrected chi connectivity index (χ2v) is 6.75. The Hall–Kier alpha value is -2.77. The van der Waals surface area contributed by atoms with Crippen molar-refractivity contribution in [2.75, 3.05) is 5.73 Å². The number of anilines is 1. The monoisotopic (exact) mass is 389 g/mol. The van der Waals surface area contributed by atoms with Crippen LogP contribution < -0.4 is 11.1 Å². The second kappa shape index (κ2) is 6.19. The fourth-order valence-corrected chi connectivity index (χ4v) is 3.47. The number of hydrogen-bond donors (Lipinski definition) is 3. The van der Waals surface area contributed by atoms with Crippen molar-refractivity contribution < 1.29 is 9.90 Å². The lowest BCUT2D eigenvalue weighted by Gasteiger charge is -2.18. The van der Waals surface area contributed by atoms with Crippen molar-refractivity contribution in [3.8, 4) is 17.0 Å². The molecule has 0 radical (unpaired) electrons. The van der Waals surface area contributed by atoms with Crippen LogP contribution in [0.1, 0.15) is 11.3 Å². The molecule has 1 aromatic heterocycles. The topological polar surface area (TPSA) is 104 Å². The normalized spacial score (nSPS) is 14.7. The summed E-state index contributed by atoms with van der Waals surface area (Å²) in [6, 6.07) is 2.63. The van der Waals surface area contributed by atoms with E-state index in [0.717, 1.165) is 5.70 Å². The fourth-order valence-electron chi connectivity index (χ4n) is 2.90. The molecule has 2 heterocycles. The zero-order chi connectivity index (χ0) is 18.4. The van der Waals surface area contributed by atoms with E-state index >= 15 is 0 Å². The number of rotatable bonds is 2. The quantitative estimate of drug-likeness (QED) is 0.731. The van der Waals surface area contributed by atoms with Gasteiger partial charge in [0, 0.05) is 16.3 Å². The fraction of sp³-hybridized carbons (Fsp3) is 0.118. The standard InChI is InChI=1S/C17H13Cl2N5O2/c18-8-4-11(19)14(13(25)5-8)15-10-6-24(7-12(10)22-16(20)23-15)17(26)21-9-2-1-3-9/h1-5,25H,6-7H2,(H,21,26)(H2,20,22,23). The van der Waals surface area contributed by atoms with E-state index < -0.39 is 0 Å². The molecule has 9 heteroatoms. The van der Waals surface area contributed by atoms with Crippen LogP contribution in [0.5, 0.6) is 5.75 Å². The van der Waals surface area contributed by atoms with E-state index in [1.807, 2.05) is 6.08 Å². The van der Waals surface area contributed by atoms with Crippen molar-refractivity contribution in [1.82, 2.24) is 20.2 Å². The first-order chi connectivity index (χ1) is 12.4. The first-order valence-electron chi connectivity index (χ1n) is 7.70. The predicted molar refractivity (Wildman–Crippen MR) is 98.6 cm³/mol. The van der Waals surface area contributed by atoms with Gasteiger partial charge in [0.25, 0.3) is 0 Å². The molecule has 0 saturated carbocycles. The Morgan fingerprint density at radius 1 is 1.27 bits per heavy atom. The molecule has 0 atom stereocenters. The molecule has 2 amide bonds. The van der Waals surface area contributed by atoms with E-state index in [1.54, 1.807) is 17.1 Å². The number of phenols is 1. The lowest BCUT2D eigenvalue weighted by Crippen LogP contribution is -2.36. The van der Waals surface area contributed by atoms with Gasteiger partial charge < -0.3 is 21.1 Å². The van der Waals surface area contributed by atoms with Crippen molar-refractivity contribution in [2.24, 2.45) is 0 Å². The van der Waals surface area contributed by atoms with E-state index in [9.17, 15) is 9.90 Å². The zero-order valence-corrected chi connectivity index (χ0v) is 14.8. The Morgan fingerprint density at radius 3 is 2.69 bits per heavy atom. The number of nitrogens with zero attached hydrogens (tertiary/aromatic N) is 3. The van der Waals surface area contributed by atoms with Crippen LogP contribution >= 0.6 is 23.2 Å². The summed E-state index contributed by atoms with van der Waals surface area (Å²) in [6.45, 7) is 0.552. The number of phenolic OH excluding ortho intramolecular Hbond substituents is 1. The molecule has 0 spiro atoms. The lowest BCUT2D eigenvalue weighted by molar-refractivity contribution is 0.201. The predicted octanol–water partition coefficient (Wildman–Crippen LogP) is 3.22. The van der Waals surface area contributed by atoms with Gasteiger partial charge in [0.2, 0.25) is 5.95 Å². The van der Waals surface area contributed by atoms with Crippen LogP contribution in [-0.4, -0.2) is 26.0 Å². The Morgan fingerprint density at radius 2 is 2.04 bits per heavy atom. The van der Waals surface area contributed by atoms with Gasteiger partial charge in [0.15, 0.2) is 0 Å². The maximum atomic E-state index is 12.4. The molecule has 1 aliphatic carbocycles. The number of aromatic nitrogens is 2. The van der Waals surface area contributed by atoms with Gasteiger partial charge in [-0.05, 0) is 24.3 Å². The molecular formula is C17H13Cl2N5O2. The average Bonchev–Trinajstić information content (AvgIpc) is 2.93. The third-order valence-corrected chi connectivity index (χ3v) is 4.68. The van der Waals surface area contributed by atoms with E-state index in [-0.39, 0.29) is 35.8 Å². The molecule has 0 fully saturated rings. The SMILES string of the molecule is Nc1nc2c(c(-c3c(O)cc(Cl)cc3Cl)n1)CN(C(=O)NC1=CC=C1)C2.